The normalized spacial score (nSPS) is 11.7. The Hall–Kier alpha value is -1.43. The number of carboxylic acid groups (broad SMARTS) is 1. The van der Waals surface area contributed by atoms with Crippen LogP contribution in [0.3, 0.4) is 0 Å². The van der Waals surface area contributed by atoms with E-state index >= 15 is 0 Å². The van der Waals surface area contributed by atoms with Crippen molar-refractivity contribution in [1.29, 1.82) is 0 Å². The first-order chi connectivity index (χ1) is 6.93. The third-order valence-corrected chi connectivity index (χ3v) is 2.23. The Morgan fingerprint density at radius 3 is 2.80 bits per heavy atom. The quantitative estimate of drug-likeness (QED) is 0.719. The first-order valence-electron chi connectivity index (χ1n) is 4.70. The highest BCUT2D eigenvalue weighted by Gasteiger charge is 2.26. The number of nitrogens with zero attached hydrogens (tertiary/aromatic N) is 3. The van der Waals surface area contributed by atoms with Gasteiger partial charge in [0.05, 0.1) is 12.0 Å². The van der Waals surface area contributed by atoms with Crippen LogP contribution in [0, 0.1) is 5.41 Å². The summed E-state index contributed by atoms with van der Waals surface area (Å²) >= 11 is 0. The Morgan fingerprint density at radius 2 is 2.33 bits per heavy atom. The number of aliphatic carboxylic acids is 1. The second-order valence-corrected chi connectivity index (χ2v) is 4.15. The zero-order chi connectivity index (χ0) is 11.5. The molecule has 0 saturated carbocycles. The van der Waals surface area contributed by atoms with Crippen LogP contribution < -0.4 is 5.32 Å². The minimum Gasteiger partial charge on any atom is -0.481 e. The molecule has 0 aliphatic heterocycles. The van der Waals surface area contributed by atoms with Crippen LogP contribution in [0.2, 0.25) is 0 Å². The molecule has 15 heavy (non-hydrogen) atoms. The second kappa shape index (κ2) is 4.39. The van der Waals surface area contributed by atoms with E-state index in [0.717, 1.165) is 5.82 Å². The molecule has 6 nitrogen and oxygen atoms in total. The van der Waals surface area contributed by atoms with Crippen LogP contribution in [0.5, 0.6) is 0 Å². The Balaban J connectivity index is 2.40. The Kier molecular flexibility index (Phi) is 3.41. The predicted molar refractivity (Wildman–Crippen MR) is 54.1 cm³/mol. The number of hydrogen-bond acceptors (Lipinski definition) is 4. The van der Waals surface area contributed by atoms with Gasteiger partial charge in [-0.3, -0.25) is 4.79 Å². The van der Waals surface area contributed by atoms with Crippen molar-refractivity contribution in [2.45, 2.75) is 20.4 Å². The van der Waals surface area contributed by atoms with Crippen molar-refractivity contribution in [3.05, 3.63) is 12.2 Å². The lowest BCUT2D eigenvalue weighted by Gasteiger charge is -2.19. The van der Waals surface area contributed by atoms with E-state index < -0.39 is 11.4 Å². The minimum absolute atomic E-state index is 0.398. The highest BCUT2D eigenvalue weighted by atomic mass is 16.4. The van der Waals surface area contributed by atoms with Crippen molar-refractivity contribution < 1.29 is 9.90 Å². The zero-order valence-electron chi connectivity index (χ0n) is 9.19. The van der Waals surface area contributed by atoms with E-state index in [0.29, 0.717) is 13.1 Å². The van der Waals surface area contributed by atoms with Crippen LogP contribution >= 0.6 is 0 Å². The van der Waals surface area contributed by atoms with Gasteiger partial charge in [-0.15, -0.1) is 10.2 Å². The third kappa shape index (κ3) is 3.02. The van der Waals surface area contributed by atoms with Crippen LogP contribution in [0.1, 0.15) is 19.7 Å². The molecule has 84 valence electrons. The molecule has 0 atom stereocenters. The summed E-state index contributed by atoms with van der Waals surface area (Å²) < 4.78 is 1.79. The molecule has 2 N–H and O–H groups in total. The van der Waals surface area contributed by atoms with Crippen molar-refractivity contribution in [2.24, 2.45) is 12.5 Å². The fourth-order valence-corrected chi connectivity index (χ4v) is 1.03. The number of hydrogen-bond donors (Lipinski definition) is 2. The number of carbonyl (C=O) groups is 1. The van der Waals surface area contributed by atoms with Crippen LogP contribution in [0.25, 0.3) is 0 Å². The largest absolute Gasteiger partial charge is 0.481 e. The van der Waals surface area contributed by atoms with Crippen molar-refractivity contribution in [3.63, 3.8) is 0 Å². The fraction of sp³-hybridized carbons (Fsp3) is 0.667. The first-order valence-corrected chi connectivity index (χ1v) is 4.70. The average molecular weight is 212 g/mol. The molecule has 0 radical (unpaired) electrons. The van der Waals surface area contributed by atoms with Gasteiger partial charge in [0.25, 0.3) is 0 Å². The van der Waals surface area contributed by atoms with E-state index in [1.807, 2.05) is 7.05 Å². The van der Waals surface area contributed by atoms with E-state index in [9.17, 15) is 4.79 Å². The van der Waals surface area contributed by atoms with Crippen LogP contribution in [0.15, 0.2) is 6.33 Å². The Bertz CT molecular complexity index is 346. The van der Waals surface area contributed by atoms with Gasteiger partial charge >= 0.3 is 5.97 Å². The van der Waals surface area contributed by atoms with Gasteiger partial charge in [0, 0.05) is 13.6 Å². The molecule has 0 amide bonds. The minimum atomic E-state index is -0.812. The van der Waals surface area contributed by atoms with Crippen molar-refractivity contribution in [1.82, 2.24) is 20.1 Å². The van der Waals surface area contributed by atoms with Gasteiger partial charge in [-0.1, -0.05) is 0 Å². The first kappa shape index (κ1) is 11.6. The average Bonchev–Trinajstić information content (AvgIpc) is 2.51. The summed E-state index contributed by atoms with van der Waals surface area (Å²) in [5.41, 5.74) is -0.765. The molecule has 0 bridgehead atoms. The molecular weight excluding hydrogens is 196 g/mol. The van der Waals surface area contributed by atoms with Crippen LogP contribution in [-0.2, 0) is 18.4 Å². The topological polar surface area (TPSA) is 80.0 Å². The Morgan fingerprint density at radius 1 is 1.67 bits per heavy atom. The van der Waals surface area contributed by atoms with E-state index in [2.05, 4.69) is 15.5 Å². The van der Waals surface area contributed by atoms with Crippen LogP contribution in [0.4, 0.5) is 0 Å². The summed E-state index contributed by atoms with van der Waals surface area (Å²) in [6, 6.07) is 0. The van der Waals surface area contributed by atoms with Gasteiger partial charge in [0.1, 0.15) is 12.2 Å². The lowest BCUT2D eigenvalue weighted by molar-refractivity contribution is -0.146. The predicted octanol–water partition coefficient (Wildman–Crippen LogP) is 0.0155. The maximum absolute atomic E-state index is 10.8. The molecule has 1 aromatic rings. The highest BCUT2D eigenvalue weighted by Crippen LogP contribution is 2.13. The third-order valence-electron chi connectivity index (χ3n) is 2.23. The van der Waals surface area contributed by atoms with E-state index in [4.69, 9.17) is 5.11 Å². The maximum Gasteiger partial charge on any atom is 0.310 e. The zero-order valence-corrected chi connectivity index (χ0v) is 9.19. The number of aromatic nitrogens is 3. The number of carboxylic acids is 1. The number of nitrogens with one attached hydrogen (secondary N) is 1. The van der Waals surface area contributed by atoms with Crippen molar-refractivity contribution >= 4 is 5.97 Å². The molecule has 0 unspecified atom stereocenters. The second-order valence-electron chi connectivity index (χ2n) is 4.15. The van der Waals surface area contributed by atoms with E-state index in [1.54, 1.807) is 24.7 Å². The van der Waals surface area contributed by atoms with Gasteiger partial charge in [-0.2, -0.15) is 0 Å². The van der Waals surface area contributed by atoms with Gasteiger partial charge in [-0.25, -0.2) is 0 Å². The molecule has 0 aliphatic rings. The lowest BCUT2D eigenvalue weighted by Crippen LogP contribution is -2.36. The van der Waals surface area contributed by atoms with Crippen molar-refractivity contribution in [2.75, 3.05) is 6.54 Å². The summed E-state index contributed by atoms with van der Waals surface area (Å²) in [4.78, 5) is 10.8. The molecule has 0 aliphatic carbocycles. The molecule has 0 spiro atoms. The summed E-state index contributed by atoms with van der Waals surface area (Å²) in [6.45, 7) is 4.28. The fourth-order valence-electron chi connectivity index (χ4n) is 1.03. The van der Waals surface area contributed by atoms with E-state index in [-0.39, 0.29) is 0 Å². The molecule has 1 rings (SSSR count). The van der Waals surface area contributed by atoms with Crippen LogP contribution in [-0.4, -0.2) is 32.4 Å². The SMILES string of the molecule is Cn1cnnc1CNCC(C)(C)C(=O)O. The molecule has 0 aromatic carbocycles. The lowest BCUT2D eigenvalue weighted by atomic mass is 9.94. The van der Waals surface area contributed by atoms with Crippen molar-refractivity contribution in [3.8, 4) is 0 Å². The summed E-state index contributed by atoms with van der Waals surface area (Å²) in [7, 11) is 1.85. The number of aryl methyl sites for hydroxylation is 1. The van der Waals surface area contributed by atoms with Gasteiger partial charge in [0.15, 0.2) is 0 Å². The molecule has 1 heterocycles. The molecule has 6 heteroatoms. The standard InChI is InChI=1S/C9H16N4O2/c1-9(2,8(14)15)5-10-4-7-12-11-6-13(7)3/h6,10H,4-5H2,1-3H3,(H,14,15). The molecule has 0 saturated heterocycles. The smallest absolute Gasteiger partial charge is 0.310 e. The van der Waals surface area contributed by atoms with Gasteiger partial charge in [0.2, 0.25) is 0 Å². The summed E-state index contributed by atoms with van der Waals surface area (Å²) in [5, 5.41) is 19.5. The summed E-state index contributed by atoms with van der Waals surface area (Å²) in [5.74, 6) is -0.0239. The highest BCUT2D eigenvalue weighted by molar-refractivity contribution is 5.73. The number of rotatable bonds is 5. The summed E-state index contributed by atoms with van der Waals surface area (Å²) in [6.07, 6.45) is 1.61. The monoisotopic (exact) mass is 212 g/mol. The van der Waals surface area contributed by atoms with Gasteiger partial charge < -0.3 is 15.0 Å². The van der Waals surface area contributed by atoms with Gasteiger partial charge in [-0.05, 0) is 13.8 Å². The molecule has 1 aromatic heterocycles. The Labute approximate surface area is 88.3 Å². The van der Waals surface area contributed by atoms with E-state index in [1.165, 1.54) is 0 Å². The molecule has 0 fully saturated rings. The molecular formula is C9H16N4O2. The maximum atomic E-state index is 10.8.